The van der Waals surface area contributed by atoms with Crippen molar-refractivity contribution in [3.8, 4) is 0 Å². The third kappa shape index (κ3) is 2.82. The van der Waals surface area contributed by atoms with E-state index < -0.39 is 0 Å². The van der Waals surface area contributed by atoms with Crippen LogP contribution in [0.25, 0.3) is 0 Å². The van der Waals surface area contributed by atoms with E-state index in [9.17, 15) is 9.59 Å². The fourth-order valence-corrected chi connectivity index (χ4v) is 2.49. The number of carbonyl (C=O) groups is 2. The Morgan fingerprint density at radius 1 is 1.35 bits per heavy atom. The van der Waals surface area contributed by atoms with Crippen molar-refractivity contribution in [3.05, 3.63) is 29.8 Å². The van der Waals surface area contributed by atoms with E-state index in [1.807, 2.05) is 24.3 Å². The van der Waals surface area contributed by atoms with Gasteiger partial charge >= 0.3 is 0 Å². The van der Waals surface area contributed by atoms with Gasteiger partial charge in [0.25, 0.3) is 0 Å². The van der Waals surface area contributed by atoms with Crippen LogP contribution >= 0.6 is 0 Å². The number of amides is 2. The van der Waals surface area contributed by atoms with E-state index in [1.54, 1.807) is 24.0 Å². The van der Waals surface area contributed by atoms with Gasteiger partial charge in [0.15, 0.2) is 0 Å². The molecule has 108 valence electrons. The van der Waals surface area contributed by atoms with E-state index in [0.29, 0.717) is 13.0 Å². The summed E-state index contributed by atoms with van der Waals surface area (Å²) in [7, 11) is 3.39. The number of hydrogen-bond acceptors (Lipinski definition) is 3. The van der Waals surface area contributed by atoms with Crippen molar-refractivity contribution in [2.75, 3.05) is 32.1 Å². The van der Waals surface area contributed by atoms with Crippen LogP contribution in [-0.4, -0.2) is 44.0 Å². The summed E-state index contributed by atoms with van der Waals surface area (Å²) >= 11 is 0. The molecule has 0 saturated heterocycles. The molecule has 0 spiro atoms. The molecule has 0 aromatic heterocycles. The highest BCUT2D eigenvalue weighted by Gasteiger charge is 2.25. The number of nitrogens with zero attached hydrogens (tertiary/aromatic N) is 2. The first-order valence-electron chi connectivity index (χ1n) is 6.68. The van der Waals surface area contributed by atoms with E-state index in [0.717, 1.165) is 11.3 Å². The molecule has 1 unspecified atom stereocenters. The number of para-hydroxylation sites is 1. The fraction of sp³-hybridized carbons (Fsp3) is 0.467. The van der Waals surface area contributed by atoms with Gasteiger partial charge in [-0.05, 0) is 12.5 Å². The van der Waals surface area contributed by atoms with Crippen LogP contribution < -0.4 is 4.90 Å². The highest BCUT2D eigenvalue weighted by Crippen LogP contribution is 2.31. The molecule has 0 saturated carbocycles. The predicted molar refractivity (Wildman–Crippen MR) is 76.5 cm³/mol. The van der Waals surface area contributed by atoms with Gasteiger partial charge in [0.1, 0.15) is 6.54 Å². The van der Waals surface area contributed by atoms with Crippen LogP contribution in [0.2, 0.25) is 0 Å². The number of ether oxygens (including phenoxy) is 1. The molecule has 5 heteroatoms. The first-order chi connectivity index (χ1) is 9.54. The molecule has 1 heterocycles. The first kappa shape index (κ1) is 14.5. The lowest BCUT2D eigenvalue weighted by molar-refractivity contribution is -0.133. The van der Waals surface area contributed by atoms with Gasteiger partial charge in [-0.2, -0.15) is 0 Å². The minimum absolute atomic E-state index is 0.0902. The van der Waals surface area contributed by atoms with Gasteiger partial charge in [-0.25, -0.2) is 0 Å². The lowest BCUT2D eigenvalue weighted by Gasteiger charge is -2.23. The van der Waals surface area contributed by atoms with Gasteiger partial charge in [0.05, 0.1) is 6.10 Å². The third-order valence-electron chi connectivity index (χ3n) is 3.74. The Balaban J connectivity index is 2.42. The van der Waals surface area contributed by atoms with E-state index >= 15 is 0 Å². The average molecular weight is 276 g/mol. The van der Waals surface area contributed by atoms with Crippen LogP contribution in [0.4, 0.5) is 5.69 Å². The zero-order valence-electron chi connectivity index (χ0n) is 12.1. The van der Waals surface area contributed by atoms with Gasteiger partial charge in [0.2, 0.25) is 11.8 Å². The van der Waals surface area contributed by atoms with Crippen LogP contribution in [-0.2, 0) is 14.3 Å². The molecule has 1 atom stereocenters. The highest BCUT2D eigenvalue weighted by atomic mass is 16.5. The van der Waals surface area contributed by atoms with E-state index in [-0.39, 0.29) is 24.5 Å². The Morgan fingerprint density at radius 3 is 2.70 bits per heavy atom. The Hall–Kier alpha value is -1.88. The summed E-state index contributed by atoms with van der Waals surface area (Å²) in [6.45, 7) is 2.11. The van der Waals surface area contributed by atoms with Crippen molar-refractivity contribution in [3.63, 3.8) is 0 Å². The van der Waals surface area contributed by atoms with Gasteiger partial charge in [-0.15, -0.1) is 0 Å². The molecule has 1 aliphatic rings. The van der Waals surface area contributed by atoms with Crippen molar-refractivity contribution >= 4 is 17.5 Å². The molecule has 0 aliphatic carbocycles. The smallest absolute Gasteiger partial charge is 0.246 e. The van der Waals surface area contributed by atoms with Crippen LogP contribution in [0.5, 0.6) is 0 Å². The zero-order chi connectivity index (χ0) is 14.7. The second-order valence-electron chi connectivity index (χ2n) is 4.97. The number of benzene rings is 1. The molecular formula is C15H20N2O3. The maximum absolute atomic E-state index is 12.3. The number of rotatable bonds is 1. The van der Waals surface area contributed by atoms with E-state index in [1.165, 1.54) is 6.92 Å². The van der Waals surface area contributed by atoms with E-state index in [2.05, 4.69) is 0 Å². The number of likely N-dealkylation sites (N-methyl/N-ethyl adjacent to an activating group) is 1. The van der Waals surface area contributed by atoms with Gasteiger partial charge in [0, 0.05) is 38.9 Å². The number of methoxy groups -OCH3 is 1. The molecule has 0 bridgehead atoms. The average Bonchev–Trinajstić information content (AvgIpc) is 2.49. The molecule has 1 aromatic rings. The topological polar surface area (TPSA) is 49.9 Å². The maximum atomic E-state index is 12.3. The molecular weight excluding hydrogens is 256 g/mol. The van der Waals surface area contributed by atoms with Crippen molar-refractivity contribution in [1.82, 2.24) is 4.90 Å². The summed E-state index contributed by atoms with van der Waals surface area (Å²) in [6.07, 6.45) is 0.551. The second kappa shape index (κ2) is 6.05. The summed E-state index contributed by atoms with van der Waals surface area (Å²) in [5.74, 6) is -0.183. The first-order valence-corrected chi connectivity index (χ1v) is 6.68. The number of carbonyl (C=O) groups excluding carboxylic acids is 2. The lowest BCUT2D eigenvalue weighted by Crippen LogP contribution is -2.40. The summed E-state index contributed by atoms with van der Waals surface area (Å²) in [5.41, 5.74) is 1.83. The lowest BCUT2D eigenvalue weighted by atomic mass is 10.0. The molecule has 2 rings (SSSR count). The van der Waals surface area contributed by atoms with Crippen LogP contribution in [0.15, 0.2) is 24.3 Å². The number of fused-ring (bicyclic) bond motifs is 1. The standard InChI is InChI=1S/C15H20N2O3/c1-11(18)17-9-8-14(20-3)12-6-4-5-7-13(12)16(2)15(19)10-17/h4-7,14H,8-10H2,1-3H3. The van der Waals surface area contributed by atoms with Gasteiger partial charge in [-0.3, -0.25) is 9.59 Å². The monoisotopic (exact) mass is 276 g/mol. The quantitative estimate of drug-likeness (QED) is 0.782. The SMILES string of the molecule is COC1CCN(C(C)=O)CC(=O)N(C)c2ccccc21. The fourth-order valence-electron chi connectivity index (χ4n) is 2.49. The molecule has 2 amide bonds. The van der Waals surface area contributed by atoms with Crippen molar-refractivity contribution in [1.29, 1.82) is 0 Å². The van der Waals surface area contributed by atoms with E-state index in [4.69, 9.17) is 4.74 Å². The van der Waals surface area contributed by atoms with Gasteiger partial charge in [-0.1, -0.05) is 18.2 Å². The zero-order valence-corrected chi connectivity index (χ0v) is 12.1. The Kier molecular flexibility index (Phi) is 4.39. The second-order valence-corrected chi connectivity index (χ2v) is 4.97. The summed E-state index contributed by atoms with van der Waals surface area (Å²) in [5, 5.41) is 0. The number of anilines is 1. The Morgan fingerprint density at radius 2 is 2.05 bits per heavy atom. The molecule has 0 radical (unpaired) electrons. The third-order valence-corrected chi connectivity index (χ3v) is 3.74. The molecule has 0 N–H and O–H groups in total. The Bertz CT molecular complexity index is 516. The normalized spacial score (nSPS) is 19.9. The number of hydrogen-bond donors (Lipinski definition) is 0. The minimum atomic E-state index is -0.124. The minimum Gasteiger partial charge on any atom is -0.377 e. The largest absolute Gasteiger partial charge is 0.377 e. The highest BCUT2D eigenvalue weighted by molar-refractivity contribution is 5.96. The molecule has 20 heavy (non-hydrogen) atoms. The molecule has 1 aliphatic heterocycles. The molecule has 1 aromatic carbocycles. The summed E-state index contributed by atoms with van der Waals surface area (Å²) < 4.78 is 5.54. The molecule has 5 nitrogen and oxygen atoms in total. The summed E-state index contributed by atoms with van der Waals surface area (Å²) in [4.78, 5) is 27.1. The van der Waals surface area contributed by atoms with Crippen LogP contribution in [0, 0.1) is 0 Å². The van der Waals surface area contributed by atoms with Crippen molar-refractivity contribution in [2.24, 2.45) is 0 Å². The van der Waals surface area contributed by atoms with Crippen LogP contribution in [0.3, 0.4) is 0 Å². The van der Waals surface area contributed by atoms with Crippen LogP contribution in [0.1, 0.15) is 25.0 Å². The Labute approximate surface area is 119 Å². The van der Waals surface area contributed by atoms with Crippen molar-refractivity contribution in [2.45, 2.75) is 19.4 Å². The predicted octanol–water partition coefficient (Wildman–Crippen LogP) is 1.59. The van der Waals surface area contributed by atoms with Gasteiger partial charge < -0.3 is 14.5 Å². The van der Waals surface area contributed by atoms with Crippen molar-refractivity contribution < 1.29 is 14.3 Å². The summed E-state index contributed by atoms with van der Waals surface area (Å²) in [6, 6.07) is 7.71. The molecule has 0 fully saturated rings. The maximum Gasteiger partial charge on any atom is 0.246 e.